The molecule has 0 radical (unpaired) electrons. The van der Waals surface area contributed by atoms with Gasteiger partial charge < -0.3 is 10.1 Å². The van der Waals surface area contributed by atoms with Crippen LogP contribution in [-0.4, -0.2) is 32.2 Å². The Morgan fingerprint density at radius 1 is 1.50 bits per heavy atom. The first-order valence-electron chi connectivity index (χ1n) is 4.82. The topological polar surface area (TPSA) is 21.3 Å². The van der Waals surface area contributed by atoms with Crippen LogP contribution < -0.4 is 5.32 Å². The van der Waals surface area contributed by atoms with Gasteiger partial charge in [0.25, 0.3) is 6.43 Å². The van der Waals surface area contributed by atoms with Crippen molar-refractivity contribution >= 4 is 0 Å². The Morgan fingerprint density at radius 3 is 2.57 bits per heavy atom. The summed E-state index contributed by atoms with van der Waals surface area (Å²) in [6.07, 6.45) is -1.69. The number of likely N-dealkylation sites (N-methyl/N-ethyl adjacent to an activating group) is 1. The van der Waals surface area contributed by atoms with Crippen molar-refractivity contribution in [3.63, 3.8) is 0 Å². The molecule has 0 aliphatic rings. The van der Waals surface area contributed by atoms with Crippen LogP contribution in [0.2, 0.25) is 0 Å². The molecule has 0 saturated carbocycles. The molecule has 0 aromatic rings. The van der Waals surface area contributed by atoms with Gasteiger partial charge in [0.2, 0.25) is 0 Å². The molecule has 0 spiro atoms. The van der Waals surface area contributed by atoms with Gasteiger partial charge in [-0.2, -0.15) is 0 Å². The molecule has 0 aliphatic carbocycles. The van der Waals surface area contributed by atoms with Gasteiger partial charge in [-0.05, 0) is 19.9 Å². The summed E-state index contributed by atoms with van der Waals surface area (Å²) >= 11 is 0. The molecule has 0 rings (SSSR count). The first-order chi connectivity index (χ1) is 6.57. The van der Waals surface area contributed by atoms with Crippen molar-refractivity contribution in [3.05, 3.63) is 12.2 Å². The molecule has 0 aromatic heterocycles. The molecule has 0 saturated heterocycles. The molecule has 2 nitrogen and oxygen atoms in total. The lowest BCUT2D eigenvalue weighted by atomic mass is 10.1. The maximum atomic E-state index is 11.7. The molecule has 1 atom stereocenters. The molecule has 0 fully saturated rings. The second kappa shape index (κ2) is 7.88. The SMILES string of the molecule is C=C(C)C(CCOCC(F)F)NCC. The summed E-state index contributed by atoms with van der Waals surface area (Å²) in [6.45, 7) is 8.44. The van der Waals surface area contributed by atoms with Gasteiger partial charge in [-0.15, -0.1) is 0 Å². The predicted octanol–water partition coefficient (Wildman–Crippen LogP) is 2.21. The molecular formula is C10H19F2NO. The zero-order chi connectivity index (χ0) is 11.0. The monoisotopic (exact) mass is 207 g/mol. The third-order valence-corrected chi connectivity index (χ3v) is 1.84. The van der Waals surface area contributed by atoms with Gasteiger partial charge in [-0.3, -0.25) is 0 Å². The highest BCUT2D eigenvalue weighted by molar-refractivity contribution is 5.01. The van der Waals surface area contributed by atoms with Gasteiger partial charge in [0.05, 0.1) is 0 Å². The number of alkyl halides is 2. The summed E-state index contributed by atoms with van der Waals surface area (Å²) in [7, 11) is 0. The zero-order valence-corrected chi connectivity index (χ0v) is 8.85. The van der Waals surface area contributed by atoms with Crippen molar-refractivity contribution in [2.75, 3.05) is 19.8 Å². The van der Waals surface area contributed by atoms with E-state index in [0.29, 0.717) is 13.0 Å². The Morgan fingerprint density at radius 2 is 2.14 bits per heavy atom. The van der Waals surface area contributed by atoms with Crippen molar-refractivity contribution < 1.29 is 13.5 Å². The van der Waals surface area contributed by atoms with Crippen LogP contribution in [0.25, 0.3) is 0 Å². The maximum absolute atomic E-state index is 11.7. The first kappa shape index (κ1) is 13.5. The molecule has 0 amide bonds. The molecule has 14 heavy (non-hydrogen) atoms. The summed E-state index contributed by atoms with van der Waals surface area (Å²) < 4.78 is 28.2. The second-order valence-electron chi connectivity index (χ2n) is 3.21. The van der Waals surface area contributed by atoms with E-state index in [1.54, 1.807) is 0 Å². The third kappa shape index (κ3) is 6.97. The number of halogens is 2. The second-order valence-corrected chi connectivity index (χ2v) is 3.21. The van der Waals surface area contributed by atoms with Gasteiger partial charge >= 0.3 is 0 Å². The Kier molecular flexibility index (Phi) is 7.61. The minimum absolute atomic E-state index is 0.165. The molecule has 0 aromatic carbocycles. The van der Waals surface area contributed by atoms with Crippen LogP contribution in [0.4, 0.5) is 8.78 Å². The van der Waals surface area contributed by atoms with Crippen LogP contribution in [0.1, 0.15) is 20.3 Å². The van der Waals surface area contributed by atoms with E-state index >= 15 is 0 Å². The summed E-state index contributed by atoms with van der Waals surface area (Å²) in [5, 5.41) is 3.20. The van der Waals surface area contributed by atoms with E-state index in [2.05, 4.69) is 11.9 Å². The van der Waals surface area contributed by atoms with Gasteiger partial charge in [0.1, 0.15) is 6.61 Å². The fourth-order valence-corrected chi connectivity index (χ4v) is 1.14. The Labute approximate surface area is 84.3 Å². The predicted molar refractivity (Wildman–Crippen MR) is 53.7 cm³/mol. The minimum Gasteiger partial charge on any atom is -0.375 e. The van der Waals surface area contributed by atoms with Gasteiger partial charge in [-0.25, -0.2) is 8.78 Å². The van der Waals surface area contributed by atoms with Crippen molar-refractivity contribution in [2.24, 2.45) is 0 Å². The fraction of sp³-hybridized carbons (Fsp3) is 0.800. The average Bonchev–Trinajstić information content (AvgIpc) is 2.09. The highest BCUT2D eigenvalue weighted by Gasteiger charge is 2.08. The van der Waals surface area contributed by atoms with Gasteiger partial charge in [0.15, 0.2) is 0 Å². The molecule has 84 valence electrons. The van der Waals surface area contributed by atoms with E-state index < -0.39 is 13.0 Å². The van der Waals surface area contributed by atoms with Crippen molar-refractivity contribution in [2.45, 2.75) is 32.7 Å². The largest absolute Gasteiger partial charge is 0.375 e. The Hall–Kier alpha value is -0.480. The van der Waals surface area contributed by atoms with Crippen molar-refractivity contribution in [1.82, 2.24) is 5.32 Å². The molecule has 0 aliphatic heterocycles. The number of nitrogens with one attached hydrogen (secondary N) is 1. The molecule has 0 heterocycles. The van der Waals surface area contributed by atoms with Gasteiger partial charge in [0, 0.05) is 12.6 Å². The van der Waals surface area contributed by atoms with Crippen molar-refractivity contribution in [1.29, 1.82) is 0 Å². The fourth-order valence-electron chi connectivity index (χ4n) is 1.14. The summed E-state index contributed by atoms with van der Waals surface area (Å²) in [5.74, 6) is 0. The summed E-state index contributed by atoms with van der Waals surface area (Å²) in [6, 6.07) is 0.165. The first-order valence-corrected chi connectivity index (χ1v) is 4.82. The maximum Gasteiger partial charge on any atom is 0.261 e. The normalized spacial score (nSPS) is 13.2. The minimum atomic E-state index is -2.38. The van der Waals surface area contributed by atoms with Crippen LogP contribution in [0.3, 0.4) is 0 Å². The van der Waals surface area contributed by atoms with Crippen LogP contribution in [0.5, 0.6) is 0 Å². The van der Waals surface area contributed by atoms with E-state index in [4.69, 9.17) is 4.74 Å². The van der Waals surface area contributed by atoms with Crippen LogP contribution in [0.15, 0.2) is 12.2 Å². The lowest BCUT2D eigenvalue weighted by Gasteiger charge is -2.17. The highest BCUT2D eigenvalue weighted by atomic mass is 19.3. The third-order valence-electron chi connectivity index (χ3n) is 1.84. The van der Waals surface area contributed by atoms with Crippen molar-refractivity contribution in [3.8, 4) is 0 Å². The molecule has 0 bridgehead atoms. The molecule has 1 unspecified atom stereocenters. The Bertz CT molecular complexity index is 162. The van der Waals surface area contributed by atoms with Crippen LogP contribution >= 0.6 is 0 Å². The standard InChI is InChI=1S/C10H19F2NO/c1-4-13-9(8(2)3)5-6-14-7-10(11)12/h9-10,13H,2,4-7H2,1,3H3. The number of ether oxygens (including phenoxy) is 1. The number of hydrogen-bond donors (Lipinski definition) is 1. The highest BCUT2D eigenvalue weighted by Crippen LogP contribution is 2.04. The molecule has 1 N–H and O–H groups in total. The van der Waals surface area contributed by atoms with E-state index in [1.165, 1.54) is 0 Å². The number of rotatable bonds is 8. The van der Waals surface area contributed by atoms with E-state index in [-0.39, 0.29) is 6.04 Å². The molecule has 4 heteroatoms. The molecular weight excluding hydrogens is 188 g/mol. The quantitative estimate of drug-likeness (QED) is 0.486. The average molecular weight is 207 g/mol. The smallest absolute Gasteiger partial charge is 0.261 e. The van der Waals surface area contributed by atoms with Crippen LogP contribution in [0, 0.1) is 0 Å². The van der Waals surface area contributed by atoms with Crippen LogP contribution in [-0.2, 0) is 4.74 Å². The lowest BCUT2D eigenvalue weighted by Crippen LogP contribution is -2.31. The van der Waals surface area contributed by atoms with E-state index in [1.807, 2.05) is 13.8 Å². The van der Waals surface area contributed by atoms with Gasteiger partial charge in [-0.1, -0.05) is 19.1 Å². The van der Waals surface area contributed by atoms with E-state index in [0.717, 1.165) is 12.1 Å². The summed E-state index contributed by atoms with van der Waals surface area (Å²) in [4.78, 5) is 0. The van der Waals surface area contributed by atoms with E-state index in [9.17, 15) is 8.78 Å². The zero-order valence-electron chi connectivity index (χ0n) is 8.85. The Balaban J connectivity index is 3.56. The lowest BCUT2D eigenvalue weighted by molar-refractivity contribution is 0.0152. The summed E-state index contributed by atoms with van der Waals surface area (Å²) in [5.41, 5.74) is 1.01. The number of hydrogen-bond acceptors (Lipinski definition) is 2.